The van der Waals surface area contributed by atoms with Crippen LogP contribution in [-0.4, -0.2) is 6.54 Å². The van der Waals surface area contributed by atoms with Gasteiger partial charge in [-0.2, -0.15) is 0 Å². The highest BCUT2D eigenvalue weighted by atomic mass is 16.6. The van der Waals surface area contributed by atoms with E-state index in [9.17, 15) is 0 Å². The van der Waals surface area contributed by atoms with E-state index in [0.717, 1.165) is 17.9 Å². The second-order valence-electron chi connectivity index (χ2n) is 4.42. The van der Waals surface area contributed by atoms with Crippen LogP contribution in [0, 0.1) is 0 Å². The molecule has 2 N–H and O–H groups in total. The number of nitrogens with one attached hydrogen (secondary N) is 2. The topological polar surface area (TPSA) is 33.3 Å². The molecule has 2 aliphatic rings. The molecule has 2 heterocycles. The van der Waals surface area contributed by atoms with Crippen LogP contribution in [0.15, 0.2) is 54.7 Å². The molecule has 0 radical (unpaired) electrons. The van der Waals surface area contributed by atoms with E-state index < -0.39 is 0 Å². The van der Waals surface area contributed by atoms with E-state index in [2.05, 4.69) is 35.1 Å². The quantitative estimate of drug-likeness (QED) is 0.755. The highest BCUT2D eigenvalue weighted by molar-refractivity contribution is 5.58. The summed E-state index contributed by atoms with van der Waals surface area (Å²) < 4.78 is 0. The number of hydrogen-bond donors (Lipinski definition) is 2. The normalized spacial score (nSPS) is 13.9. The maximum absolute atomic E-state index is 5.09. The molecule has 2 aromatic rings. The van der Waals surface area contributed by atoms with Crippen molar-refractivity contribution in [2.75, 3.05) is 11.9 Å². The second kappa shape index (κ2) is 5.48. The van der Waals surface area contributed by atoms with Crippen molar-refractivity contribution in [2.45, 2.75) is 6.42 Å². The first kappa shape index (κ1) is 11.7. The molecule has 0 bridgehead atoms. The van der Waals surface area contributed by atoms with E-state index in [-0.39, 0.29) is 0 Å². The summed E-state index contributed by atoms with van der Waals surface area (Å²) in [5, 5.41) is 3.30. The lowest BCUT2D eigenvalue weighted by Crippen LogP contribution is -2.13. The van der Waals surface area contributed by atoms with Gasteiger partial charge in [0.05, 0.1) is 0 Å². The van der Waals surface area contributed by atoms with E-state index in [0.29, 0.717) is 0 Å². The Morgan fingerprint density at radius 2 is 1.79 bits per heavy atom. The van der Waals surface area contributed by atoms with Crippen molar-refractivity contribution >= 4 is 11.8 Å². The number of para-hydroxylation sites is 2. The number of hydroxylamine groups is 1. The third-order valence-corrected chi connectivity index (χ3v) is 3.15. The summed E-state index contributed by atoms with van der Waals surface area (Å²) in [6.07, 6.45) is 4.93. The molecule has 4 rings (SSSR count). The molecule has 19 heavy (non-hydrogen) atoms. The predicted octanol–water partition coefficient (Wildman–Crippen LogP) is 3.21. The Kier molecular flexibility index (Phi) is 3.36. The van der Waals surface area contributed by atoms with Crippen molar-refractivity contribution in [3.63, 3.8) is 0 Å². The van der Waals surface area contributed by atoms with Gasteiger partial charge in [0.25, 0.3) is 0 Å². The second-order valence-corrected chi connectivity index (χ2v) is 4.42. The van der Waals surface area contributed by atoms with Gasteiger partial charge < -0.3 is 10.2 Å². The molecule has 0 spiro atoms. The fourth-order valence-corrected chi connectivity index (χ4v) is 2.18. The van der Waals surface area contributed by atoms with Crippen molar-refractivity contribution in [3.8, 4) is 5.75 Å². The van der Waals surface area contributed by atoms with Crippen LogP contribution in [0.4, 0.5) is 5.69 Å². The van der Waals surface area contributed by atoms with Gasteiger partial charge in [0.15, 0.2) is 5.75 Å². The van der Waals surface area contributed by atoms with Crippen LogP contribution in [0.2, 0.25) is 0 Å². The molecule has 0 atom stereocenters. The zero-order valence-electron chi connectivity index (χ0n) is 10.6. The van der Waals surface area contributed by atoms with Crippen LogP contribution in [0.1, 0.15) is 11.1 Å². The number of hydrogen-bond acceptors (Lipinski definition) is 3. The maximum Gasteiger partial charge on any atom is 0.162 e. The Bertz CT molecular complexity index is 570. The zero-order chi connectivity index (χ0) is 12.9. The van der Waals surface area contributed by atoms with Crippen molar-refractivity contribution < 1.29 is 4.84 Å². The smallest absolute Gasteiger partial charge is 0.162 e. The Morgan fingerprint density at radius 1 is 0.947 bits per heavy atom. The number of fused-ring (bicyclic) bond motifs is 2. The number of rotatable bonds is 0. The predicted molar refractivity (Wildman–Crippen MR) is 77.9 cm³/mol. The van der Waals surface area contributed by atoms with Gasteiger partial charge in [0.1, 0.15) is 0 Å². The minimum absolute atomic E-state index is 0.880. The van der Waals surface area contributed by atoms with Gasteiger partial charge in [-0.15, -0.1) is 0 Å². The minimum Gasteiger partial charge on any atom is -0.384 e. The van der Waals surface area contributed by atoms with Crippen LogP contribution in [-0.2, 0) is 6.42 Å². The summed E-state index contributed by atoms with van der Waals surface area (Å²) in [7, 11) is 0. The molecule has 0 aromatic heterocycles. The highest BCUT2D eigenvalue weighted by Crippen LogP contribution is 2.20. The van der Waals surface area contributed by atoms with Crippen LogP contribution in [0.5, 0.6) is 5.75 Å². The van der Waals surface area contributed by atoms with Gasteiger partial charge >= 0.3 is 0 Å². The molecule has 0 amide bonds. The molecule has 2 aliphatic heterocycles. The standard InChI is InChI=1S/C8H7NO.C8H9N/c1-2-4-8-7(3-1)5-6-9-10-8;1-2-4-8-7(3-1)5-6-9-8/h1-6,9H;1-4,9H,5-6H2. The highest BCUT2D eigenvalue weighted by Gasteiger charge is 2.06. The van der Waals surface area contributed by atoms with Gasteiger partial charge in [0, 0.05) is 24.0 Å². The molecule has 0 unspecified atom stereocenters. The van der Waals surface area contributed by atoms with E-state index >= 15 is 0 Å². The van der Waals surface area contributed by atoms with Crippen molar-refractivity contribution in [1.82, 2.24) is 5.48 Å². The fraction of sp³-hybridized carbons (Fsp3) is 0.125. The third-order valence-electron chi connectivity index (χ3n) is 3.15. The zero-order valence-corrected chi connectivity index (χ0v) is 10.6. The molecule has 2 aromatic carbocycles. The fourth-order valence-electron chi connectivity index (χ4n) is 2.18. The first-order valence-electron chi connectivity index (χ1n) is 6.43. The summed E-state index contributed by atoms with van der Waals surface area (Å²) in [5.74, 6) is 0.880. The monoisotopic (exact) mass is 252 g/mol. The maximum atomic E-state index is 5.09. The van der Waals surface area contributed by atoms with Gasteiger partial charge in [-0.05, 0) is 30.2 Å². The first-order chi connectivity index (χ1) is 9.43. The SMILES string of the molecule is C1=Cc2ccccc2ON1.c1ccc2c(c1)CCN2. The third kappa shape index (κ3) is 2.71. The molecule has 0 saturated carbocycles. The van der Waals surface area contributed by atoms with Crippen molar-refractivity contribution in [1.29, 1.82) is 0 Å². The average Bonchev–Trinajstić information content (AvgIpc) is 2.96. The molecule has 3 heteroatoms. The lowest BCUT2D eigenvalue weighted by Gasteiger charge is -2.11. The molecule has 96 valence electrons. The molecule has 0 aliphatic carbocycles. The number of anilines is 1. The first-order valence-corrected chi connectivity index (χ1v) is 6.43. The van der Waals surface area contributed by atoms with Gasteiger partial charge in [-0.3, -0.25) is 0 Å². The lowest BCUT2D eigenvalue weighted by molar-refractivity contribution is 0.239. The van der Waals surface area contributed by atoms with Crippen molar-refractivity contribution in [2.24, 2.45) is 0 Å². The average molecular weight is 252 g/mol. The summed E-state index contributed by atoms with van der Waals surface area (Å²) in [5.41, 5.74) is 6.55. The van der Waals surface area contributed by atoms with Gasteiger partial charge in [-0.1, -0.05) is 36.4 Å². The minimum atomic E-state index is 0.880. The molecular weight excluding hydrogens is 236 g/mol. The molecular formula is C16H16N2O. The Morgan fingerprint density at radius 3 is 2.68 bits per heavy atom. The van der Waals surface area contributed by atoms with Gasteiger partial charge in [0.2, 0.25) is 0 Å². The summed E-state index contributed by atoms with van der Waals surface area (Å²) in [6, 6.07) is 16.3. The summed E-state index contributed by atoms with van der Waals surface area (Å²) in [6.45, 7) is 1.11. The Balaban J connectivity index is 0.000000117. The van der Waals surface area contributed by atoms with Crippen LogP contribution >= 0.6 is 0 Å². The Hall–Kier alpha value is -2.42. The summed E-state index contributed by atoms with van der Waals surface area (Å²) >= 11 is 0. The van der Waals surface area contributed by atoms with Crippen LogP contribution in [0.3, 0.4) is 0 Å². The lowest BCUT2D eigenvalue weighted by atomic mass is 10.2. The van der Waals surface area contributed by atoms with Crippen molar-refractivity contribution in [3.05, 3.63) is 65.9 Å². The van der Waals surface area contributed by atoms with Crippen LogP contribution in [0.25, 0.3) is 6.08 Å². The largest absolute Gasteiger partial charge is 0.384 e. The van der Waals surface area contributed by atoms with E-state index in [4.69, 9.17) is 4.84 Å². The van der Waals surface area contributed by atoms with E-state index in [1.807, 2.05) is 30.3 Å². The molecule has 0 fully saturated rings. The van der Waals surface area contributed by atoms with E-state index in [1.54, 1.807) is 6.20 Å². The van der Waals surface area contributed by atoms with Gasteiger partial charge in [-0.25, -0.2) is 5.48 Å². The van der Waals surface area contributed by atoms with E-state index in [1.165, 1.54) is 17.7 Å². The molecule has 3 nitrogen and oxygen atoms in total. The Labute approximate surface area is 112 Å². The summed E-state index contributed by atoms with van der Waals surface area (Å²) in [4.78, 5) is 5.09. The number of benzene rings is 2. The van der Waals surface area contributed by atoms with Crippen LogP contribution < -0.4 is 15.6 Å². The molecule has 0 saturated heterocycles.